The molecule has 4 heteroatoms. The standard InChI is InChI=1S/C14H16N2OS/c15-13-3-1-2-10-4-5-11(8-12(10)13)17-9-14-16-6-7-18-14/h4-8,13H,1-3,9,15H2/t13-/m0/s1. The molecule has 1 atom stereocenters. The lowest BCUT2D eigenvalue weighted by Gasteiger charge is -2.22. The lowest BCUT2D eigenvalue weighted by atomic mass is 9.88. The molecule has 0 fully saturated rings. The Labute approximate surface area is 111 Å². The summed E-state index contributed by atoms with van der Waals surface area (Å²) >= 11 is 1.61. The number of hydrogen-bond acceptors (Lipinski definition) is 4. The van der Waals surface area contributed by atoms with Crippen LogP contribution in [-0.4, -0.2) is 4.98 Å². The van der Waals surface area contributed by atoms with E-state index in [1.165, 1.54) is 17.5 Å². The van der Waals surface area contributed by atoms with Crippen LogP contribution in [0.25, 0.3) is 0 Å². The number of aromatic nitrogens is 1. The highest BCUT2D eigenvalue weighted by molar-refractivity contribution is 7.09. The van der Waals surface area contributed by atoms with E-state index in [2.05, 4.69) is 17.1 Å². The molecule has 0 aliphatic heterocycles. The van der Waals surface area contributed by atoms with E-state index in [1.54, 1.807) is 17.5 Å². The third-order valence-electron chi connectivity index (χ3n) is 3.32. The van der Waals surface area contributed by atoms with Crippen LogP contribution < -0.4 is 10.5 Å². The molecule has 3 rings (SSSR count). The molecule has 94 valence electrons. The van der Waals surface area contributed by atoms with Gasteiger partial charge in [0.25, 0.3) is 0 Å². The van der Waals surface area contributed by atoms with Crippen LogP contribution in [0.3, 0.4) is 0 Å². The first-order chi connectivity index (χ1) is 8.83. The second kappa shape index (κ2) is 5.08. The molecule has 1 aliphatic carbocycles. The van der Waals surface area contributed by atoms with Crippen LogP contribution in [-0.2, 0) is 13.0 Å². The van der Waals surface area contributed by atoms with Crippen molar-refractivity contribution in [2.24, 2.45) is 5.73 Å². The smallest absolute Gasteiger partial charge is 0.140 e. The van der Waals surface area contributed by atoms with Gasteiger partial charge in [-0.1, -0.05) is 6.07 Å². The van der Waals surface area contributed by atoms with E-state index in [0.717, 1.165) is 23.6 Å². The molecule has 2 aromatic rings. The van der Waals surface area contributed by atoms with E-state index in [0.29, 0.717) is 6.61 Å². The predicted octanol–water partition coefficient (Wildman–Crippen LogP) is 3.06. The van der Waals surface area contributed by atoms with Crippen molar-refractivity contribution < 1.29 is 4.74 Å². The molecule has 1 aromatic carbocycles. The molecule has 1 heterocycles. The Bertz CT molecular complexity index is 525. The lowest BCUT2D eigenvalue weighted by Crippen LogP contribution is -2.17. The van der Waals surface area contributed by atoms with Crippen LogP contribution in [0.4, 0.5) is 0 Å². The van der Waals surface area contributed by atoms with Gasteiger partial charge in [0.15, 0.2) is 0 Å². The second-order valence-corrected chi connectivity index (χ2v) is 5.55. The van der Waals surface area contributed by atoms with Crippen LogP contribution >= 0.6 is 11.3 Å². The molecule has 0 saturated heterocycles. The SMILES string of the molecule is N[C@H]1CCCc2ccc(OCc3nccs3)cc21. The summed E-state index contributed by atoms with van der Waals surface area (Å²) < 4.78 is 5.76. The monoisotopic (exact) mass is 260 g/mol. The van der Waals surface area contributed by atoms with E-state index in [9.17, 15) is 0 Å². The number of aryl methyl sites for hydroxylation is 1. The number of nitrogens with zero attached hydrogens (tertiary/aromatic N) is 1. The normalized spacial score (nSPS) is 18.4. The van der Waals surface area contributed by atoms with Gasteiger partial charge < -0.3 is 10.5 Å². The topological polar surface area (TPSA) is 48.1 Å². The van der Waals surface area contributed by atoms with Gasteiger partial charge >= 0.3 is 0 Å². The molecule has 3 nitrogen and oxygen atoms in total. The third kappa shape index (κ3) is 2.40. The van der Waals surface area contributed by atoms with Gasteiger partial charge in [-0.3, -0.25) is 0 Å². The molecule has 0 bridgehead atoms. The molecule has 0 spiro atoms. The minimum atomic E-state index is 0.164. The van der Waals surface area contributed by atoms with Crippen molar-refractivity contribution in [2.75, 3.05) is 0 Å². The largest absolute Gasteiger partial charge is 0.486 e. The number of benzene rings is 1. The predicted molar refractivity (Wildman–Crippen MR) is 72.8 cm³/mol. The highest BCUT2D eigenvalue weighted by atomic mass is 32.1. The van der Waals surface area contributed by atoms with Gasteiger partial charge in [-0.15, -0.1) is 11.3 Å². The van der Waals surface area contributed by atoms with Crippen molar-refractivity contribution in [1.29, 1.82) is 0 Å². The Morgan fingerprint density at radius 1 is 1.44 bits per heavy atom. The summed E-state index contributed by atoms with van der Waals surface area (Å²) in [5.74, 6) is 0.890. The van der Waals surface area contributed by atoms with E-state index >= 15 is 0 Å². The molecular formula is C14H16N2OS. The fraction of sp³-hybridized carbons (Fsp3) is 0.357. The molecule has 1 aromatic heterocycles. The maximum absolute atomic E-state index is 6.14. The molecule has 0 radical (unpaired) electrons. The minimum Gasteiger partial charge on any atom is -0.486 e. The van der Waals surface area contributed by atoms with Gasteiger partial charge in [-0.2, -0.15) is 0 Å². The maximum Gasteiger partial charge on any atom is 0.140 e. The van der Waals surface area contributed by atoms with Crippen LogP contribution in [0.5, 0.6) is 5.75 Å². The van der Waals surface area contributed by atoms with Crippen LogP contribution in [0.1, 0.15) is 35.0 Å². The van der Waals surface area contributed by atoms with E-state index in [1.807, 2.05) is 11.4 Å². The molecule has 2 N–H and O–H groups in total. The van der Waals surface area contributed by atoms with Crippen molar-refractivity contribution in [3.8, 4) is 5.75 Å². The van der Waals surface area contributed by atoms with Crippen molar-refractivity contribution in [3.63, 3.8) is 0 Å². The van der Waals surface area contributed by atoms with Crippen molar-refractivity contribution in [3.05, 3.63) is 45.9 Å². The first-order valence-corrected chi connectivity index (χ1v) is 7.10. The first kappa shape index (κ1) is 11.7. The van der Waals surface area contributed by atoms with Gasteiger partial charge in [0.05, 0.1) is 0 Å². The maximum atomic E-state index is 6.14. The average Bonchev–Trinajstić information content (AvgIpc) is 2.90. The van der Waals surface area contributed by atoms with Crippen LogP contribution in [0.2, 0.25) is 0 Å². The second-order valence-electron chi connectivity index (χ2n) is 4.57. The molecule has 0 unspecified atom stereocenters. The zero-order valence-electron chi connectivity index (χ0n) is 10.1. The summed E-state index contributed by atoms with van der Waals surface area (Å²) in [6.45, 7) is 0.533. The van der Waals surface area contributed by atoms with Crippen molar-refractivity contribution in [1.82, 2.24) is 4.98 Å². The fourth-order valence-electron chi connectivity index (χ4n) is 2.37. The summed E-state index contributed by atoms with van der Waals surface area (Å²) in [4.78, 5) is 4.20. The molecular weight excluding hydrogens is 244 g/mol. The highest BCUT2D eigenvalue weighted by Gasteiger charge is 2.17. The third-order valence-corrected chi connectivity index (χ3v) is 4.08. The van der Waals surface area contributed by atoms with Crippen LogP contribution in [0.15, 0.2) is 29.8 Å². The van der Waals surface area contributed by atoms with Gasteiger partial charge in [0.1, 0.15) is 17.4 Å². The Kier molecular flexibility index (Phi) is 3.30. The number of nitrogens with two attached hydrogens (primary N) is 1. The van der Waals surface area contributed by atoms with Crippen molar-refractivity contribution in [2.45, 2.75) is 31.9 Å². The summed E-state index contributed by atoms with van der Waals surface area (Å²) in [7, 11) is 0. The Hall–Kier alpha value is -1.39. The quantitative estimate of drug-likeness (QED) is 0.922. The summed E-state index contributed by atoms with van der Waals surface area (Å²) in [5.41, 5.74) is 8.76. The van der Waals surface area contributed by atoms with Crippen LogP contribution in [0, 0.1) is 0 Å². The number of ether oxygens (including phenoxy) is 1. The van der Waals surface area contributed by atoms with E-state index < -0.39 is 0 Å². The minimum absolute atomic E-state index is 0.164. The summed E-state index contributed by atoms with van der Waals surface area (Å²) in [5, 5.41) is 2.96. The first-order valence-electron chi connectivity index (χ1n) is 6.22. The summed E-state index contributed by atoms with van der Waals surface area (Å²) in [6, 6.07) is 6.43. The lowest BCUT2D eigenvalue weighted by molar-refractivity contribution is 0.304. The molecule has 0 saturated carbocycles. The van der Waals surface area contributed by atoms with E-state index in [-0.39, 0.29) is 6.04 Å². The number of rotatable bonds is 3. The number of thiazole rings is 1. The average molecular weight is 260 g/mol. The zero-order valence-corrected chi connectivity index (χ0v) is 11.0. The van der Waals surface area contributed by atoms with Crippen molar-refractivity contribution >= 4 is 11.3 Å². The van der Waals surface area contributed by atoms with E-state index in [4.69, 9.17) is 10.5 Å². The molecule has 0 amide bonds. The number of hydrogen-bond donors (Lipinski definition) is 1. The Morgan fingerprint density at radius 3 is 3.22 bits per heavy atom. The van der Waals surface area contributed by atoms with Gasteiger partial charge in [0, 0.05) is 17.6 Å². The molecule has 18 heavy (non-hydrogen) atoms. The molecule has 1 aliphatic rings. The fourth-order valence-corrected chi connectivity index (χ4v) is 2.90. The number of fused-ring (bicyclic) bond motifs is 1. The highest BCUT2D eigenvalue weighted by Crippen LogP contribution is 2.31. The summed E-state index contributed by atoms with van der Waals surface area (Å²) in [6.07, 6.45) is 5.19. The van der Waals surface area contributed by atoms with Gasteiger partial charge in [0.2, 0.25) is 0 Å². The Balaban J connectivity index is 1.75. The van der Waals surface area contributed by atoms with Gasteiger partial charge in [-0.05, 0) is 42.5 Å². The zero-order chi connectivity index (χ0) is 12.4. The van der Waals surface area contributed by atoms with Gasteiger partial charge in [-0.25, -0.2) is 4.98 Å². The Morgan fingerprint density at radius 2 is 2.39 bits per heavy atom.